The van der Waals surface area contributed by atoms with E-state index in [1.807, 2.05) is 13.0 Å². The maximum absolute atomic E-state index is 16.9. The number of fused-ring (bicyclic) bond motifs is 3. The first-order chi connectivity index (χ1) is 22.8. The van der Waals surface area contributed by atoms with Gasteiger partial charge in [0, 0.05) is 55.6 Å². The molecule has 3 aliphatic heterocycles. The van der Waals surface area contributed by atoms with Crippen LogP contribution in [0.2, 0.25) is 0 Å². The topological polar surface area (TPSA) is 103 Å². The number of H-pyrrole nitrogens is 1. The van der Waals surface area contributed by atoms with E-state index in [1.165, 1.54) is 18.2 Å². The van der Waals surface area contributed by atoms with Crippen LogP contribution in [0.3, 0.4) is 0 Å². The van der Waals surface area contributed by atoms with Gasteiger partial charge in [0.05, 0.1) is 10.9 Å². The summed E-state index contributed by atoms with van der Waals surface area (Å²) in [5.41, 5.74) is 1.23. The van der Waals surface area contributed by atoms with E-state index in [0.29, 0.717) is 60.0 Å². The van der Waals surface area contributed by atoms with Crippen LogP contribution in [-0.2, 0) is 6.42 Å². The van der Waals surface area contributed by atoms with Crippen molar-refractivity contribution in [3.63, 3.8) is 0 Å². The molecule has 0 spiro atoms. The van der Waals surface area contributed by atoms with Gasteiger partial charge < -0.3 is 14.7 Å². The van der Waals surface area contributed by atoms with Crippen molar-refractivity contribution in [2.75, 3.05) is 37.7 Å². The number of aromatic hydroxyl groups is 1. The van der Waals surface area contributed by atoms with E-state index < -0.39 is 23.3 Å². The summed E-state index contributed by atoms with van der Waals surface area (Å²) in [7, 11) is 0. The second-order valence-corrected chi connectivity index (χ2v) is 13.1. The number of phenolic OH excluding ortho intramolecular Hbond substituents is 1. The highest BCUT2D eigenvalue weighted by Gasteiger charge is 2.49. The maximum Gasteiger partial charge on any atom is 0.319 e. The smallest absolute Gasteiger partial charge is 0.319 e. The zero-order valence-corrected chi connectivity index (χ0v) is 26.1. The van der Waals surface area contributed by atoms with Crippen LogP contribution >= 0.6 is 0 Å². The molecule has 1 unspecified atom stereocenters. The SMILES string of the molecule is CCc1c(F)ccc2cc(O)cc(-c3ncc4c(N5CCCC(c6ccn[nH]6)C5)nc(OC[C@@]56CCCN5C[C@H](F)C6)nc4c3F)c12. The lowest BCUT2D eigenvalue weighted by Gasteiger charge is -2.34. The molecule has 3 atom stereocenters. The fraction of sp³-hybridized carbons (Fsp3) is 0.429. The van der Waals surface area contributed by atoms with Gasteiger partial charge >= 0.3 is 6.01 Å². The van der Waals surface area contributed by atoms with Gasteiger partial charge in [-0.05, 0) is 79.3 Å². The number of alkyl halides is 1. The molecule has 0 aliphatic carbocycles. The molecule has 244 valence electrons. The van der Waals surface area contributed by atoms with Gasteiger partial charge in [0.1, 0.15) is 41.4 Å². The lowest BCUT2D eigenvalue weighted by molar-refractivity contribution is 0.107. The highest BCUT2D eigenvalue weighted by molar-refractivity contribution is 6.01. The summed E-state index contributed by atoms with van der Waals surface area (Å²) < 4.78 is 52.7. The Hall–Kier alpha value is -4.45. The molecule has 12 heteroatoms. The molecule has 2 N–H and O–H groups in total. The van der Waals surface area contributed by atoms with Crippen molar-refractivity contribution >= 4 is 27.5 Å². The van der Waals surface area contributed by atoms with Crippen LogP contribution in [0.15, 0.2) is 42.7 Å². The third-order valence-corrected chi connectivity index (χ3v) is 10.3. The minimum absolute atomic E-state index is 0.0109. The monoisotopic (exact) mass is 643 g/mol. The molecule has 5 aromatic rings. The Morgan fingerprint density at radius 1 is 1.11 bits per heavy atom. The summed E-state index contributed by atoms with van der Waals surface area (Å²) in [5, 5.41) is 19.3. The van der Waals surface area contributed by atoms with Crippen LogP contribution in [0.25, 0.3) is 32.9 Å². The van der Waals surface area contributed by atoms with Crippen LogP contribution in [-0.4, -0.2) is 79.7 Å². The van der Waals surface area contributed by atoms with Gasteiger partial charge in [-0.1, -0.05) is 13.0 Å². The average Bonchev–Trinajstić information content (AvgIpc) is 3.81. The van der Waals surface area contributed by atoms with Crippen molar-refractivity contribution in [3.05, 3.63) is 65.6 Å². The molecule has 9 nitrogen and oxygen atoms in total. The van der Waals surface area contributed by atoms with E-state index >= 15 is 4.39 Å². The van der Waals surface area contributed by atoms with Crippen LogP contribution in [0, 0.1) is 11.6 Å². The Morgan fingerprint density at radius 2 is 2.00 bits per heavy atom. The van der Waals surface area contributed by atoms with Crippen molar-refractivity contribution in [2.24, 2.45) is 0 Å². The number of hydrogen-bond acceptors (Lipinski definition) is 8. The van der Waals surface area contributed by atoms with E-state index in [2.05, 4.69) is 30.0 Å². The lowest BCUT2D eigenvalue weighted by atomic mass is 9.94. The molecule has 3 aliphatic rings. The summed E-state index contributed by atoms with van der Waals surface area (Å²) >= 11 is 0. The minimum Gasteiger partial charge on any atom is -0.508 e. The molecular formula is C35H36F3N7O2. The van der Waals surface area contributed by atoms with E-state index in [-0.39, 0.29) is 41.1 Å². The number of aryl methyl sites for hydroxylation is 1. The van der Waals surface area contributed by atoms with Crippen LogP contribution in [0.5, 0.6) is 11.8 Å². The van der Waals surface area contributed by atoms with Gasteiger partial charge in [0.2, 0.25) is 0 Å². The second-order valence-electron chi connectivity index (χ2n) is 13.1. The van der Waals surface area contributed by atoms with E-state index in [9.17, 15) is 13.9 Å². The van der Waals surface area contributed by atoms with Gasteiger partial charge in [-0.2, -0.15) is 15.1 Å². The quantitative estimate of drug-likeness (QED) is 0.209. The predicted octanol–water partition coefficient (Wildman–Crippen LogP) is 6.45. The van der Waals surface area contributed by atoms with Gasteiger partial charge in [-0.15, -0.1) is 0 Å². The number of aromatic nitrogens is 5. The number of halogens is 3. The zero-order valence-electron chi connectivity index (χ0n) is 26.1. The van der Waals surface area contributed by atoms with Crippen molar-refractivity contribution in [2.45, 2.75) is 63.1 Å². The molecule has 0 radical (unpaired) electrons. The van der Waals surface area contributed by atoms with Gasteiger partial charge in [-0.3, -0.25) is 15.0 Å². The number of rotatable bonds is 7. The summed E-state index contributed by atoms with van der Waals surface area (Å²) in [6.07, 6.45) is 6.75. The van der Waals surface area contributed by atoms with Gasteiger partial charge in [0.25, 0.3) is 0 Å². The average molecular weight is 644 g/mol. The van der Waals surface area contributed by atoms with Crippen LogP contribution < -0.4 is 9.64 Å². The Labute approximate surface area is 269 Å². The molecule has 0 saturated carbocycles. The number of anilines is 1. The third-order valence-electron chi connectivity index (χ3n) is 10.3. The fourth-order valence-electron chi connectivity index (χ4n) is 8.11. The first kappa shape index (κ1) is 29.9. The summed E-state index contributed by atoms with van der Waals surface area (Å²) in [5.74, 6) is -0.542. The van der Waals surface area contributed by atoms with E-state index in [0.717, 1.165) is 37.9 Å². The predicted molar refractivity (Wildman–Crippen MR) is 173 cm³/mol. The highest BCUT2D eigenvalue weighted by Crippen LogP contribution is 2.42. The molecule has 3 saturated heterocycles. The molecule has 2 aromatic carbocycles. The lowest BCUT2D eigenvalue weighted by Crippen LogP contribution is -2.43. The number of phenols is 1. The molecular weight excluding hydrogens is 607 g/mol. The summed E-state index contributed by atoms with van der Waals surface area (Å²) in [6, 6.07) is 7.85. The Bertz CT molecular complexity index is 1970. The molecule has 0 amide bonds. The van der Waals surface area contributed by atoms with E-state index in [1.54, 1.807) is 18.5 Å². The molecule has 6 heterocycles. The fourth-order valence-corrected chi connectivity index (χ4v) is 8.11. The Balaban J connectivity index is 1.26. The van der Waals surface area contributed by atoms with E-state index in [4.69, 9.17) is 9.72 Å². The number of hydrogen-bond donors (Lipinski definition) is 2. The zero-order chi connectivity index (χ0) is 32.3. The third kappa shape index (κ3) is 5.13. The Morgan fingerprint density at radius 3 is 2.83 bits per heavy atom. The number of ether oxygens (including phenoxy) is 1. The number of aromatic amines is 1. The number of benzene rings is 2. The van der Waals surface area contributed by atoms with Crippen molar-refractivity contribution in [1.82, 2.24) is 30.0 Å². The highest BCUT2D eigenvalue weighted by atomic mass is 19.1. The number of pyridine rings is 1. The number of piperidine rings is 1. The molecule has 3 aromatic heterocycles. The molecule has 0 bridgehead atoms. The molecule has 3 fully saturated rings. The van der Waals surface area contributed by atoms with Crippen molar-refractivity contribution in [3.8, 4) is 23.0 Å². The van der Waals surface area contributed by atoms with Crippen LogP contribution in [0.1, 0.15) is 56.2 Å². The summed E-state index contributed by atoms with van der Waals surface area (Å²) in [4.78, 5) is 18.3. The number of nitrogens with one attached hydrogen (secondary N) is 1. The first-order valence-electron chi connectivity index (χ1n) is 16.4. The first-order valence-corrected chi connectivity index (χ1v) is 16.4. The van der Waals surface area contributed by atoms with Gasteiger partial charge in [0.15, 0.2) is 5.82 Å². The second kappa shape index (κ2) is 11.7. The normalized spacial score (nSPS) is 23.2. The maximum atomic E-state index is 16.9. The summed E-state index contributed by atoms with van der Waals surface area (Å²) in [6.45, 7) is 4.55. The largest absolute Gasteiger partial charge is 0.508 e. The van der Waals surface area contributed by atoms with Crippen LogP contribution in [0.4, 0.5) is 19.0 Å². The number of nitrogens with zero attached hydrogens (tertiary/aromatic N) is 6. The van der Waals surface area contributed by atoms with Gasteiger partial charge in [-0.25, -0.2) is 13.2 Å². The van der Waals surface area contributed by atoms with Crippen molar-refractivity contribution < 1.29 is 23.0 Å². The Kier molecular flexibility index (Phi) is 7.42. The molecule has 47 heavy (non-hydrogen) atoms. The standard InChI is InChI=1S/C35H36F3N7O2/c1-2-24-27(37)7-6-20-13-23(46)14-25(29(20)24)31-30(38)32-26(16-39-31)33(44-11-3-5-21(17-44)28-8-10-40-43-28)42-34(41-32)47-19-35-9-4-12-45(35)18-22(36)15-35/h6-8,10,13-14,16,21-22,46H,2-5,9,11-12,15,17-19H2,1H3,(H,40,43)/t21?,22-,35+/m1/s1. The minimum atomic E-state index is -0.916. The van der Waals surface area contributed by atoms with Crippen molar-refractivity contribution in [1.29, 1.82) is 0 Å². The molecule has 8 rings (SSSR count).